The molecule has 0 radical (unpaired) electrons. The first-order valence-corrected chi connectivity index (χ1v) is 9.00. The van der Waals surface area contributed by atoms with Crippen molar-refractivity contribution in [3.63, 3.8) is 0 Å². The summed E-state index contributed by atoms with van der Waals surface area (Å²) in [5.41, 5.74) is 3.12. The molecular formula is C21H16ClFN4O. The van der Waals surface area contributed by atoms with Crippen molar-refractivity contribution in [3.05, 3.63) is 82.4 Å². The predicted octanol–water partition coefficient (Wildman–Crippen LogP) is 5.08. The number of hydrogen-bond donors (Lipinski definition) is 1. The minimum absolute atomic E-state index is 0.200. The highest BCUT2D eigenvalue weighted by atomic mass is 35.5. The maximum absolute atomic E-state index is 13.7. The number of aryl methyl sites for hydroxylation is 2. The number of benzene rings is 2. The molecule has 4 rings (SSSR count). The Labute approximate surface area is 165 Å². The standard InChI is InChI=1S/C21H16ClFN4O/c1-12-8-9-14(10-17(12)23)25-21(28)16-11-24-20-18(19(16)22)13(2)26-27(20)15-6-4-3-5-7-15/h3-11H,1-2H3,(H,25,28). The normalized spacial score (nSPS) is 11.0. The van der Waals surface area contributed by atoms with Gasteiger partial charge in [0.05, 0.1) is 27.4 Å². The SMILES string of the molecule is Cc1ccc(NC(=O)c2cnc3c(c(C)nn3-c3ccccc3)c2Cl)cc1F. The number of aromatic nitrogens is 3. The Kier molecular flexibility index (Phi) is 4.57. The zero-order valence-corrected chi connectivity index (χ0v) is 16.0. The number of halogens is 2. The quantitative estimate of drug-likeness (QED) is 0.527. The molecule has 0 unspecified atom stereocenters. The van der Waals surface area contributed by atoms with Gasteiger partial charge in [-0.25, -0.2) is 14.1 Å². The fourth-order valence-electron chi connectivity index (χ4n) is 2.98. The highest BCUT2D eigenvalue weighted by molar-refractivity contribution is 6.39. The molecule has 2 aromatic carbocycles. The van der Waals surface area contributed by atoms with Crippen LogP contribution in [0, 0.1) is 19.7 Å². The van der Waals surface area contributed by atoms with Gasteiger partial charge >= 0.3 is 0 Å². The van der Waals surface area contributed by atoms with E-state index in [0.717, 1.165) is 5.69 Å². The Morgan fingerprint density at radius 3 is 2.61 bits per heavy atom. The van der Waals surface area contributed by atoms with Crippen LogP contribution in [0.1, 0.15) is 21.6 Å². The van der Waals surface area contributed by atoms with Gasteiger partial charge in [0.2, 0.25) is 0 Å². The number of hydrogen-bond acceptors (Lipinski definition) is 3. The van der Waals surface area contributed by atoms with Gasteiger partial charge in [0.1, 0.15) is 5.82 Å². The first kappa shape index (κ1) is 18.1. The Bertz CT molecular complexity index is 1200. The maximum atomic E-state index is 13.7. The van der Waals surface area contributed by atoms with Crippen LogP contribution in [0.5, 0.6) is 0 Å². The Hall–Kier alpha value is -3.25. The third kappa shape index (κ3) is 3.12. The van der Waals surface area contributed by atoms with Gasteiger partial charge in [-0.05, 0) is 43.7 Å². The lowest BCUT2D eigenvalue weighted by molar-refractivity contribution is 0.102. The molecule has 0 aliphatic heterocycles. The zero-order chi connectivity index (χ0) is 19.8. The number of amides is 1. The van der Waals surface area contributed by atoms with Gasteiger partial charge in [-0.3, -0.25) is 4.79 Å². The van der Waals surface area contributed by atoms with E-state index in [0.29, 0.717) is 28.0 Å². The minimum atomic E-state index is -0.463. The molecule has 140 valence electrons. The van der Waals surface area contributed by atoms with E-state index in [1.807, 2.05) is 37.3 Å². The molecule has 0 spiro atoms. The Morgan fingerprint density at radius 2 is 1.89 bits per heavy atom. The number of pyridine rings is 1. The van der Waals surface area contributed by atoms with Crippen LogP contribution in [0.3, 0.4) is 0 Å². The van der Waals surface area contributed by atoms with Crippen molar-refractivity contribution in [2.75, 3.05) is 5.32 Å². The fourth-order valence-corrected chi connectivity index (χ4v) is 3.34. The predicted molar refractivity (Wildman–Crippen MR) is 108 cm³/mol. The average molecular weight is 395 g/mol. The van der Waals surface area contributed by atoms with Crippen LogP contribution in [0.2, 0.25) is 5.02 Å². The van der Waals surface area contributed by atoms with Crippen LogP contribution < -0.4 is 5.32 Å². The number of fused-ring (bicyclic) bond motifs is 1. The van der Waals surface area contributed by atoms with Gasteiger partial charge in [-0.15, -0.1) is 0 Å². The molecule has 2 heterocycles. The van der Waals surface area contributed by atoms with E-state index in [1.165, 1.54) is 12.3 Å². The van der Waals surface area contributed by atoms with Crippen molar-refractivity contribution in [1.29, 1.82) is 0 Å². The average Bonchev–Trinajstić information content (AvgIpc) is 3.03. The van der Waals surface area contributed by atoms with Crippen LogP contribution >= 0.6 is 11.6 Å². The molecule has 7 heteroatoms. The molecule has 0 saturated carbocycles. The van der Waals surface area contributed by atoms with E-state index in [4.69, 9.17) is 11.6 Å². The number of rotatable bonds is 3. The van der Waals surface area contributed by atoms with E-state index < -0.39 is 11.7 Å². The number of para-hydroxylation sites is 1. The van der Waals surface area contributed by atoms with Crippen LogP contribution in [-0.2, 0) is 0 Å². The third-order valence-corrected chi connectivity index (χ3v) is 4.88. The lowest BCUT2D eigenvalue weighted by atomic mass is 10.1. The molecule has 1 N–H and O–H groups in total. The summed E-state index contributed by atoms with van der Waals surface area (Å²) >= 11 is 6.54. The Morgan fingerprint density at radius 1 is 1.14 bits per heavy atom. The molecule has 0 fully saturated rings. The fraction of sp³-hybridized carbons (Fsp3) is 0.0952. The molecule has 1 amide bonds. The van der Waals surface area contributed by atoms with Gasteiger partial charge in [0.15, 0.2) is 5.65 Å². The molecule has 0 aliphatic rings. The number of nitrogens with zero attached hydrogens (tertiary/aromatic N) is 3. The number of anilines is 1. The molecule has 0 aliphatic carbocycles. The van der Waals surface area contributed by atoms with Crippen LogP contribution in [0.25, 0.3) is 16.7 Å². The first-order chi connectivity index (χ1) is 13.5. The van der Waals surface area contributed by atoms with Crippen LogP contribution in [0.15, 0.2) is 54.7 Å². The highest BCUT2D eigenvalue weighted by Gasteiger charge is 2.20. The minimum Gasteiger partial charge on any atom is -0.322 e. The molecule has 0 bridgehead atoms. The summed E-state index contributed by atoms with van der Waals surface area (Å²) in [6, 6.07) is 14.0. The van der Waals surface area contributed by atoms with Gasteiger partial charge in [-0.1, -0.05) is 35.9 Å². The van der Waals surface area contributed by atoms with Crippen LogP contribution in [0.4, 0.5) is 10.1 Å². The maximum Gasteiger partial charge on any atom is 0.258 e. The van der Waals surface area contributed by atoms with E-state index in [1.54, 1.807) is 23.7 Å². The van der Waals surface area contributed by atoms with Crippen molar-refractivity contribution in [2.45, 2.75) is 13.8 Å². The van der Waals surface area contributed by atoms with Crippen molar-refractivity contribution >= 4 is 34.2 Å². The third-order valence-electron chi connectivity index (χ3n) is 4.48. The number of nitrogens with one attached hydrogen (secondary N) is 1. The first-order valence-electron chi connectivity index (χ1n) is 8.62. The van der Waals surface area contributed by atoms with Gasteiger partial charge in [0, 0.05) is 11.9 Å². The molecule has 4 aromatic rings. The zero-order valence-electron chi connectivity index (χ0n) is 15.2. The number of carbonyl (C=O) groups excluding carboxylic acids is 1. The summed E-state index contributed by atoms with van der Waals surface area (Å²) in [4.78, 5) is 17.1. The van der Waals surface area contributed by atoms with Crippen molar-refractivity contribution in [2.24, 2.45) is 0 Å². The lowest BCUT2D eigenvalue weighted by Crippen LogP contribution is -2.13. The molecule has 5 nitrogen and oxygen atoms in total. The second-order valence-corrected chi connectivity index (χ2v) is 6.81. The smallest absolute Gasteiger partial charge is 0.258 e. The van der Waals surface area contributed by atoms with Crippen LogP contribution in [-0.4, -0.2) is 20.7 Å². The molecular weight excluding hydrogens is 379 g/mol. The van der Waals surface area contributed by atoms with Gasteiger partial charge < -0.3 is 5.32 Å². The van der Waals surface area contributed by atoms with E-state index >= 15 is 0 Å². The monoisotopic (exact) mass is 394 g/mol. The lowest BCUT2D eigenvalue weighted by Gasteiger charge is -2.09. The summed E-state index contributed by atoms with van der Waals surface area (Å²) in [5, 5.41) is 8.04. The van der Waals surface area contributed by atoms with E-state index in [-0.39, 0.29) is 10.6 Å². The molecule has 0 saturated heterocycles. The summed E-state index contributed by atoms with van der Waals surface area (Å²) < 4.78 is 15.4. The van der Waals surface area contributed by atoms with E-state index in [9.17, 15) is 9.18 Å². The summed E-state index contributed by atoms with van der Waals surface area (Å²) in [6.45, 7) is 3.47. The second-order valence-electron chi connectivity index (χ2n) is 6.44. The van der Waals surface area contributed by atoms with Crippen molar-refractivity contribution < 1.29 is 9.18 Å². The molecule has 2 aromatic heterocycles. The van der Waals surface area contributed by atoms with E-state index in [2.05, 4.69) is 15.4 Å². The second kappa shape index (κ2) is 7.05. The van der Waals surface area contributed by atoms with Gasteiger partial charge in [0.25, 0.3) is 5.91 Å². The topological polar surface area (TPSA) is 59.8 Å². The summed E-state index contributed by atoms with van der Waals surface area (Å²) in [7, 11) is 0. The number of carbonyl (C=O) groups is 1. The summed E-state index contributed by atoms with van der Waals surface area (Å²) in [5.74, 6) is -0.855. The Balaban J connectivity index is 1.75. The highest BCUT2D eigenvalue weighted by Crippen LogP contribution is 2.30. The van der Waals surface area contributed by atoms with Crippen molar-refractivity contribution in [3.8, 4) is 5.69 Å². The van der Waals surface area contributed by atoms with Crippen molar-refractivity contribution in [1.82, 2.24) is 14.8 Å². The molecule has 28 heavy (non-hydrogen) atoms. The molecule has 0 atom stereocenters. The summed E-state index contributed by atoms with van der Waals surface area (Å²) in [6.07, 6.45) is 1.41. The largest absolute Gasteiger partial charge is 0.322 e. The van der Waals surface area contributed by atoms with Gasteiger partial charge in [-0.2, -0.15) is 5.10 Å².